The first-order valence-electron chi connectivity index (χ1n) is 3.93. The van der Waals surface area contributed by atoms with Crippen LogP contribution in [0.4, 0.5) is 0 Å². The van der Waals surface area contributed by atoms with E-state index in [2.05, 4.69) is 24.2 Å². The summed E-state index contributed by atoms with van der Waals surface area (Å²) < 4.78 is 0. The summed E-state index contributed by atoms with van der Waals surface area (Å²) >= 11 is 0. The molecule has 1 heteroatoms. The van der Waals surface area contributed by atoms with Crippen LogP contribution in [0, 0.1) is 0 Å². The molecule has 0 aliphatic heterocycles. The first kappa shape index (κ1) is 10.6. The Labute approximate surface area is 74.5 Å². The lowest BCUT2D eigenvalue weighted by molar-refractivity contribution is 1.38. The van der Waals surface area contributed by atoms with Gasteiger partial charge in [-0.05, 0) is 25.5 Å². The highest BCUT2D eigenvalue weighted by Crippen LogP contribution is 1.90. The van der Waals surface area contributed by atoms with Gasteiger partial charge in [-0.1, -0.05) is 31.4 Å². The van der Waals surface area contributed by atoms with Crippen LogP contribution in [0.5, 0.6) is 0 Å². The molecule has 0 aliphatic rings. The fourth-order valence-corrected chi connectivity index (χ4v) is 0.546. The summed E-state index contributed by atoms with van der Waals surface area (Å²) in [5.41, 5.74) is 0.686. The lowest BCUT2D eigenvalue weighted by atomic mass is 10.3. The van der Waals surface area contributed by atoms with Gasteiger partial charge in [-0.25, -0.2) is 0 Å². The lowest BCUT2D eigenvalue weighted by Gasteiger charge is -1.83. The predicted octanol–water partition coefficient (Wildman–Crippen LogP) is 3.28. The minimum Gasteiger partial charge on any atom is -0.258 e. The van der Waals surface area contributed by atoms with Gasteiger partial charge in [0, 0.05) is 6.21 Å². The monoisotopic (exact) mass is 161 g/mol. The standard InChI is InChI=1S/C11H15N/c1-4-6-7-8-9-10-12-11(3)5-2/h4-6,8-10H,2-3,7H2,1H3/b6-4-,9-8-,12-10?. The van der Waals surface area contributed by atoms with Crippen molar-refractivity contribution < 1.29 is 0 Å². The van der Waals surface area contributed by atoms with Crippen molar-refractivity contribution in [2.45, 2.75) is 13.3 Å². The molecule has 0 unspecified atom stereocenters. The normalized spacial score (nSPS) is 11.8. The molecule has 0 aromatic carbocycles. The van der Waals surface area contributed by atoms with Gasteiger partial charge in [-0.2, -0.15) is 0 Å². The van der Waals surface area contributed by atoms with Crippen LogP contribution in [0.25, 0.3) is 0 Å². The van der Waals surface area contributed by atoms with Crippen molar-refractivity contribution in [1.82, 2.24) is 0 Å². The van der Waals surface area contributed by atoms with Gasteiger partial charge in [0.25, 0.3) is 0 Å². The Morgan fingerprint density at radius 2 is 2.17 bits per heavy atom. The molecule has 0 amide bonds. The van der Waals surface area contributed by atoms with E-state index in [1.807, 2.05) is 25.2 Å². The van der Waals surface area contributed by atoms with E-state index in [0.717, 1.165) is 6.42 Å². The topological polar surface area (TPSA) is 12.4 Å². The Balaban J connectivity index is 3.66. The van der Waals surface area contributed by atoms with Crippen molar-refractivity contribution in [1.29, 1.82) is 0 Å². The van der Waals surface area contributed by atoms with Gasteiger partial charge in [0.1, 0.15) is 0 Å². The summed E-state index contributed by atoms with van der Waals surface area (Å²) in [6.07, 6.45) is 12.3. The Morgan fingerprint density at radius 3 is 2.75 bits per heavy atom. The molecule has 0 fully saturated rings. The number of hydrogen-bond acceptors (Lipinski definition) is 1. The maximum Gasteiger partial charge on any atom is 0.0551 e. The maximum absolute atomic E-state index is 3.99. The van der Waals surface area contributed by atoms with Gasteiger partial charge in [0.05, 0.1) is 5.70 Å². The number of nitrogens with zero attached hydrogens (tertiary/aromatic N) is 1. The molecule has 64 valence electrons. The highest BCUT2D eigenvalue weighted by atomic mass is 14.7. The van der Waals surface area contributed by atoms with Crippen molar-refractivity contribution >= 4 is 6.21 Å². The summed E-state index contributed by atoms with van der Waals surface area (Å²) in [4.78, 5) is 3.99. The van der Waals surface area contributed by atoms with E-state index in [1.54, 1.807) is 12.3 Å². The van der Waals surface area contributed by atoms with E-state index in [0.29, 0.717) is 5.70 Å². The molecule has 1 nitrogen and oxygen atoms in total. The molecule has 0 bridgehead atoms. The molecule has 0 aromatic heterocycles. The van der Waals surface area contributed by atoms with Crippen LogP contribution in [-0.2, 0) is 0 Å². The molecule has 0 spiro atoms. The van der Waals surface area contributed by atoms with Crippen molar-refractivity contribution in [3.63, 3.8) is 0 Å². The number of aliphatic imine (C=N–C) groups is 1. The van der Waals surface area contributed by atoms with Crippen LogP contribution in [0.1, 0.15) is 13.3 Å². The van der Waals surface area contributed by atoms with Crippen molar-refractivity contribution in [3.05, 3.63) is 49.2 Å². The predicted molar refractivity (Wildman–Crippen MR) is 56.4 cm³/mol. The average Bonchev–Trinajstić information content (AvgIpc) is 2.10. The first-order valence-corrected chi connectivity index (χ1v) is 3.93. The molecule has 0 N–H and O–H groups in total. The lowest BCUT2D eigenvalue weighted by Crippen LogP contribution is -1.68. The van der Waals surface area contributed by atoms with Crippen LogP contribution in [0.15, 0.2) is 54.2 Å². The van der Waals surface area contributed by atoms with Crippen molar-refractivity contribution in [2.75, 3.05) is 0 Å². The zero-order valence-corrected chi connectivity index (χ0v) is 7.53. The third-order valence-corrected chi connectivity index (χ3v) is 1.21. The SMILES string of the molecule is C=CC(=C)N=C/C=C\C/C=C\C. The van der Waals surface area contributed by atoms with Gasteiger partial charge >= 0.3 is 0 Å². The molecule has 0 rings (SSSR count). The smallest absolute Gasteiger partial charge is 0.0551 e. The molecule has 0 atom stereocenters. The van der Waals surface area contributed by atoms with Crippen LogP contribution in [-0.4, -0.2) is 6.21 Å². The summed E-state index contributed by atoms with van der Waals surface area (Å²) in [7, 11) is 0. The van der Waals surface area contributed by atoms with E-state index >= 15 is 0 Å². The fourth-order valence-electron chi connectivity index (χ4n) is 0.546. The van der Waals surface area contributed by atoms with E-state index in [-0.39, 0.29) is 0 Å². The summed E-state index contributed by atoms with van der Waals surface area (Å²) in [6.45, 7) is 9.19. The summed E-state index contributed by atoms with van der Waals surface area (Å²) in [5.74, 6) is 0. The van der Waals surface area contributed by atoms with Gasteiger partial charge in [-0.3, -0.25) is 4.99 Å². The largest absolute Gasteiger partial charge is 0.258 e. The second-order valence-electron chi connectivity index (χ2n) is 2.21. The number of rotatable bonds is 5. The van der Waals surface area contributed by atoms with Crippen molar-refractivity contribution in [2.24, 2.45) is 4.99 Å². The van der Waals surface area contributed by atoms with Crippen LogP contribution in [0.2, 0.25) is 0 Å². The van der Waals surface area contributed by atoms with E-state index in [4.69, 9.17) is 0 Å². The minimum atomic E-state index is 0.686. The average molecular weight is 161 g/mol. The zero-order chi connectivity index (χ0) is 9.23. The summed E-state index contributed by atoms with van der Waals surface area (Å²) in [5, 5.41) is 0. The Morgan fingerprint density at radius 1 is 1.42 bits per heavy atom. The van der Waals surface area contributed by atoms with Gasteiger partial charge < -0.3 is 0 Å². The van der Waals surface area contributed by atoms with E-state index in [1.165, 1.54) is 0 Å². The number of hydrogen-bond donors (Lipinski definition) is 0. The van der Waals surface area contributed by atoms with E-state index < -0.39 is 0 Å². The summed E-state index contributed by atoms with van der Waals surface area (Å²) in [6, 6.07) is 0. The van der Waals surface area contributed by atoms with Crippen LogP contribution in [0.3, 0.4) is 0 Å². The molecule has 0 saturated carbocycles. The Hall–Kier alpha value is -1.37. The fraction of sp³-hybridized carbons (Fsp3) is 0.182. The first-order chi connectivity index (χ1) is 5.81. The highest BCUT2D eigenvalue weighted by molar-refractivity contribution is 5.72. The van der Waals surface area contributed by atoms with Gasteiger partial charge in [-0.15, -0.1) is 0 Å². The van der Waals surface area contributed by atoms with Crippen LogP contribution < -0.4 is 0 Å². The Bertz CT molecular complexity index is 219. The third-order valence-electron chi connectivity index (χ3n) is 1.21. The molecule has 0 aromatic rings. The molecule has 12 heavy (non-hydrogen) atoms. The third kappa shape index (κ3) is 6.75. The molecular formula is C11H15N. The minimum absolute atomic E-state index is 0.686. The quantitative estimate of drug-likeness (QED) is 0.333. The molecule has 0 aliphatic carbocycles. The second kappa shape index (κ2) is 7.73. The molecule has 0 saturated heterocycles. The maximum atomic E-state index is 3.99. The van der Waals surface area contributed by atoms with Gasteiger partial charge in [0.2, 0.25) is 0 Å². The van der Waals surface area contributed by atoms with Crippen LogP contribution >= 0.6 is 0 Å². The molecule has 0 heterocycles. The van der Waals surface area contributed by atoms with Gasteiger partial charge in [0.15, 0.2) is 0 Å². The second-order valence-corrected chi connectivity index (χ2v) is 2.21. The number of allylic oxidation sites excluding steroid dienone is 5. The Kier molecular flexibility index (Phi) is 6.85. The molecular weight excluding hydrogens is 146 g/mol. The highest BCUT2D eigenvalue weighted by Gasteiger charge is 1.73. The zero-order valence-electron chi connectivity index (χ0n) is 7.53. The molecule has 0 radical (unpaired) electrons. The van der Waals surface area contributed by atoms with E-state index in [9.17, 15) is 0 Å². The van der Waals surface area contributed by atoms with Crippen molar-refractivity contribution in [3.8, 4) is 0 Å².